The number of urea groups is 1. The van der Waals surface area contributed by atoms with Gasteiger partial charge >= 0.3 is 12.0 Å². The zero-order valence-electron chi connectivity index (χ0n) is 10.6. The Morgan fingerprint density at radius 1 is 1.39 bits per heavy atom. The minimum atomic E-state index is -3.54. The molecule has 0 rings (SSSR count). The van der Waals surface area contributed by atoms with Crippen molar-refractivity contribution < 1.29 is 23.1 Å². The minimum absolute atomic E-state index is 0.106. The molecule has 0 bridgehead atoms. The van der Waals surface area contributed by atoms with Crippen LogP contribution in [0.25, 0.3) is 0 Å². The van der Waals surface area contributed by atoms with E-state index in [2.05, 4.69) is 5.32 Å². The standard InChI is InChI=1S/C9H19N3O5S/c1-9(2,7(13)14)12(3)8(15)11-5-4-6-18(10,16)17/h4-6H2,1-3H3,(H,11,15)(H,13,14)(H2,10,16,17). The lowest BCUT2D eigenvalue weighted by Gasteiger charge is -2.31. The molecule has 0 heterocycles. The number of nitrogens with one attached hydrogen (secondary N) is 1. The van der Waals surface area contributed by atoms with Crippen molar-refractivity contribution in [3.8, 4) is 0 Å². The highest BCUT2D eigenvalue weighted by molar-refractivity contribution is 7.89. The maximum atomic E-state index is 11.6. The van der Waals surface area contributed by atoms with E-state index >= 15 is 0 Å². The molecule has 0 aromatic rings. The number of nitrogens with two attached hydrogens (primary N) is 1. The second kappa shape index (κ2) is 6.01. The zero-order chi connectivity index (χ0) is 14.6. The van der Waals surface area contributed by atoms with Gasteiger partial charge < -0.3 is 15.3 Å². The predicted molar refractivity (Wildman–Crippen MR) is 65.5 cm³/mol. The van der Waals surface area contributed by atoms with Crippen molar-refractivity contribution in [2.24, 2.45) is 5.14 Å². The Morgan fingerprint density at radius 2 is 1.89 bits per heavy atom. The number of amides is 2. The smallest absolute Gasteiger partial charge is 0.329 e. The first-order chi connectivity index (χ1) is 7.98. The van der Waals surface area contributed by atoms with Crippen molar-refractivity contribution in [1.82, 2.24) is 10.2 Å². The summed E-state index contributed by atoms with van der Waals surface area (Å²) >= 11 is 0. The number of carbonyl (C=O) groups excluding carboxylic acids is 1. The molecule has 0 aliphatic carbocycles. The fourth-order valence-corrected chi connectivity index (χ4v) is 1.53. The van der Waals surface area contributed by atoms with Gasteiger partial charge in [-0.3, -0.25) is 0 Å². The first-order valence-corrected chi connectivity index (χ1v) is 6.95. The average molecular weight is 281 g/mol. The van der Waals surface area contributed by atoms with Gasteiger partial charge in [-0.05, 0) is 20.3 Å². The maximum Gasteiger partial charge on any atom is 0.329 e. The summed E-state index contributed by atoms with van der Waals surface area (Å²) in [5, 5.41) is 16.1. The number of carboxylic acid groups (broad SMARTS) is 1. The van der Waals surface area contributed by atoms with Crippen molar-refractivity contribution >= 4 is 22.0 Å². The number of hydrogen-bond donors (Lipinski definition) is 3. The van der Waals surface area contributed by atoms with E-state index in [-0.39, 0.29) is 18.7 Å². The normalized spacial score (nSPS) is 12.0. The molecule has 8 nitrogen and oxygen atoms in total. The number of aliphatic carboxylic acids is 1. The molecule has 0 atom stereocenters. The summed E-state index contributed by atoms with van der Waals surface area (Å²) in [6, 6.07) is -0.586. The second-order valence-corrected chi connectivity index (χ2v) is 6.11. The maximum absolute atomic E-state index is 11.6. The van der Waals surface area contributed by atoms with E-state index in [1.165, 1.54) is 20.9 Å². The van der Waals surface area contributed by atoms with E-state index in [1.807, 2.05) is 0 Å². The third-order valence-corrected chi connectivity index (χ3v) is 3.41. The Balaban J connectivity index is 4.23. The largest absolute Gasteiger partial charge is 0.480 e. The van der Waals surface area contributed by atoms with Gasteiger partial charge in [-0.15, -0.1) is 0 Å². The molecular formula is C9H19N3O5S. The van der Waals surface area contributed by atoms with E-state index in [1.54, 1.807) is 0 Å². The van der Waals surface area contributed by atoms with Gasteiger partial charge in [0.2, 0.25) is 10.0 Å². The van der Waals surface area contributed by atoms with Crippen LogP contribution in [0.2, 0.25) is 0 Å². The van der Waals surface area contributed by atoms with Crippen LogP contribution in [0.3, 0.4) is 0 Å². The van der Waals surface area contributed by atoms with Gasteiger partial charge in [-0.25, -0.2) is 23.1 Å². The summed E-state index contributed by atoms with van der Waals surface area (Å²) in [6.07, 6.45) is 0.173. The number of sulfonamides is 1. The van der Waals surface area contributed by atoms with Crippen molar-refractivity contribution in [2.45, 2.75) is 25.8 Å². The summed E-state index contributed by atoms with van der Waals surface area (Å²) in [7, 11) is -2.19. The number of primary sulfonamides is 1. The zero-order valence-corrected chi connectivity index (χ0v) is 11.5. The van der Waals surface area contributed by atoms with Gasteiger partial charge in [0.15, 0.2) is 0 Å². The van der Waals surface area contributed by atoms with E-state index < -0.39 is 27.6 Å². The molecule has 0 spiro atoms. The van der Waals surface area contributed by atoms with Crippen LogP contribution in [-0.2, 0) is 14.8 Å². The van der Waals surface area contributed by atoms with Gasteiger partial charge in [0.05, 0.1) is 5.75 Å². The molecule has 106 valence electrons. The third-order valence-electron chi connectivity index (χ3n) is 2.55. The first-order valence-electron chi connectivity index (χ1n) is 5.24. The molecule has 0 aromatic heterocycles. The molecule has 0 unspecified atom stereocenters. The van der Waals surface area contributed by atoms with Gasteiger partial charge in [-0.1, -0.05) is 0 Å². The third kappa shape index (κ3) is 5.32. The highest BCUT2D eigenvalue weighted by atomic mass is 32.2. The Morgan fingerprint density at radius 3 is 2.28 bits per heavy atom. The topological polar surface area (TPSA) is 130 Å². The molecule has 4 N–H and O–H groups in total. The van der Waals surface area contributed by atoms with Crippen molar-refractivity contribution in [3.63, 3.8) is 0 Å². The Kier molecular flexibility index (Phi) is 5.55. The lowest BCUT2D eigenvalue weighted by atomic mass is 10.1. The lowest BCUT2D eigenvalue weighted by molar-refractivity contribution is -0.146. The van der Waals surface area contributed by atoms with Gasteiger partial charge in [0.25, 0.3) is 0 Å². The summed E-state index contributed by atoms with van der Waals surface area (Å²) in [6.45, 7) is 2.88. The van der Waals surface area contributed by atoms with Gasteiger partial charge in [0.1, 0.15) is 5.54 Å². The quantitative estimate of drug-likeness (QED) is 0.547. The van der Waals surface area contributed by atoms with Gasteiger partial charge in [0, 0.05) is 13.6 Å². The molecule has 0 saturated carbocycles. The van der Waals surface area contributed by atoms with E-state index in [9.17, 15) is 18.0 Å². The monoisotopic (exact) mass is 281 g/mol. The fraction of sp³-hybridized carbons (Fsp3) is 0.778. The molecule has 0 fully saturated rings. The van der Waals surface area contributed by atoms with Crippen LogP contribution >= 0.6 is 0 Å². The molecular weight excluding hydrogens is 262 g/mol. The Labute approximate surface area is 106 Å². The number of likely N-dealkylation sites (N-methyl/N-ethyl adjacent to an activating group) is 1. The molecule has 18 heavy (non-hydrogen) atoms. The number of rotatable bonds is 6. The van der Waals surface area contributed by atoms with E-state index in [0.29, 0.717) is 0 Å². The van der Waals surface area contributed by atoms with Crippen LogP contribution in [0.5, 0.6) is 0 Å². The molecule has 9 heteroatoms. The fourth-order valence-electron chi connectivity index (χ4n) is 0.985. The van der Waals surface area contributed by atoms with Crippen LogP contribution in [0.4, 0.5) is 4.79 Å². The summed E-state index contributed by atoms with van der Waals surface area (Å²) in [5.74, 6) is -1.37. The van der Waals surface area contributed by atoms with Crippen LogP contribution in [0.1, 0.15) is 20.3 Å². The van der Waals surface area contributed by atoms with Crippen molar-refractivity contribution in [1.29, 1.82) is 0 Å². The van der Waals surface area contributed by atoms with Crippen molar-refractivity contribution in [3.05, 3.63) is 0 Å². The molecule has 0 saturated heterocycles. The van der Waals surface area contributed by atoms with Crippen LogP contribution < -0.4 is 10.5 Å². The summed E-state index contributed by atoms with van der Waals surface area (Å²) in [4.78, 5) is 23.5. The molecule has 0 aromatic carbocycles. The number of nitrogens with zero attached hydrogens (tertiary/aromatic N) is 1. The molecule has 0 radical (unpaired) electrons. The minimum Gasteiger partial charge on any atom is -0.480 e. The highest BCUT2D eigenvalue weighted by Gasteiger charge is 2.35. The van der Waals surface area contributed by atoms with Crippen molar-refractivity contribution in [2.75, 3.05) is 19.3 Å². The summed E-state index contributed by atoms with van der Waals surface area (Å²) in [5.41, 5.74) is -1.34. The summed E-state index contributed by atoms with van der Waals surface area (Å²) < 4.78 is 21.3. The van der Waals surface area contributed by atoms with Crippen LogP contribution in [0, 0.1) is 0 Å². The number of carbonyl (C=O) groups is 2. The first kappa shape index (κ1) is 16.6. The average Bonchev–Trinajstić information content (AvgIpc) is 2.21. The highest BCUT2D eigenvalue weighted by Crippen LogP contribution is 2.12. The Hall–Kier alpha value is -1.35. The molecule has 0 aliphatic rings. The van der Waals surface area contributed by atoms with Gasteiger partial charge in [-0.2, -0.15) is 0 Å². The number of carboxylic acids is 1. The SMILES string of the molecule is CN(C(=O)NCCCS(N)(=O)=O)C(C)(C)C(=O)O. The van der Waals surface area contributed by atoms with Crippen LogP contribution in [-0.4, -0.2) is 55.3 Å². The lowest BCUT2D eigenvalue weighted by Crippen LogP contribution is -2.54. The molecule has 0 aliphatic heterocycles. The predicted octanol–water partition coefficient (Wildman–Crippen LogP) is -0.830. The second-order valence-electron chi connectivity index (χ2n) is 4.38. The Bertz CT molecular complexity index is 418. The van der Waals surface area contributed by atoms with E-state index in [0.717, 1.165) is 4.90 Å². The van der Waals surface area contributed by atoms with Crippen LogP contribution in [0.15, 0.2) is 0 Å². The van der Waals surface area contributed by atoms with E-state index in [4.69, 9.17) is 10.2 Å². The number of hydrogen-bond acceptors (Lipinski definition) is 4. The molecule has 2 amide bonds.